The van der Waals surface area contributed by atoms with E-state index in [1.54, 1.807) is 0 Å². The number of hydrogen-bond donors (Lipinski definition) is 1. The Morgan fingerprint density at radius 3 is 2.30 bits per heavy atom. The van der Waals surface area contributed by atoms with E-state index >= 15 is 0 Å². The van der Waals surface area contributed by atoms with Crippen LogP contribution in [0.3, 0.4) is 0 Å². The normalized spacial score (nSPS) is 20.6. The fraction of sp³-hybridized carbons (Fsp3) is 0.458. The van der Waals surface area contributed by atoms with Crippen molar-refractivity contribution in [3.8, 4) is 0 Å². The van der Waals surface area contributed by atoms with E-state index in [0.717, 1.165) is 32.2 Å². The minimum atomic E-state index is -0.645. The lowest BCUT2D eigenvalue weighted by Gasteiger charge is -2.36. The summed E-state index contributed by atoms with van der Waals surface area (Å²) in [6, 6.07) is 19.2. The van der Waals surface area contributed by atoms with E-state index in [1.165, 1.54) is 16.7 Å². The highest BCUT2D eigenvalue weighted by atomic mass is 16.4. The van der Waals surface area contributed by atoms with Crippen LogP contribution in [0.5, 0.6) is 0 Å². The third kappa shape index (κ3) is 4.41. The van der Waals surface area contributed by atoms with Crippen LogP contribution in [0.25, 0.3) is 0 Å². The van der Waals surface area contributed by atoms with Crippen LogP contribution in [-0.2, 0) is 16.9 Å². The Bertz CT molecular complexity index is 752. The first-order valence-electron chi connectivity index (χ1n) is 9.98. The highest BCUT2D eigenvalue weighted by Crippen LogP contribution is 2.38. The summed E-state index contributed by atoms with van der Waals surface area (Å²) in [5, 5.41) is 9.53. The molecule has 0 heterocycles. The molecule has 3 rings (SSSR count). The van der Waals surface area contributed by atoms with Crippen molar-refractivity contribution in [2.45, 2.75) is 57.5 Å². The molecule has 27 heavy (non-hydrogen) atoms. The van der Waals surface area contributed by atoms with E-state index in [2.05, 4.69) is 74.3 Å². The molecule has 0 unspecified atom stereocenters. The Kier molecular flexibility index (Phi) is 6.01. The van der Waals surface area contributed by atoms with Gasteiger partial charge in [-0.15, -0.1) is 0 Å². The lowest BCUT2D eigenvalue weighted by molar-refractivity contribution is -0.143. The second-order valence-corrected chi connectivity index (χ2v) is 8.36. The topological polar surface area (TPSA) is 40.5 Å². The number of nitrogens with zero attached hydrogens (tertiary/aromatic N) is 1. The predicted octanol–water partition coefficient (Wildman–Crippen LogP) is 5.41. The number of rotatable bonds is 6. The Morgan fingerprint density at radius 2 is 1.67 bits per heavy atom. The molecule has 144 valence electrons. The molecule has 1 fully saturated rings. The van der Waals surface area contributed by atoms with E-state index in [1.807, 2.05) is 6.07 Å². The molecule has 0 amide bonds. The van der Waals surface area contributed by atoms with E-state index in [4.69, 9.17) is 0 Å². The summed E-state index contributed by atoms with van der Waals surface area (Å²) in [5.41, 5.74) is 3.68. The zero-order valence-corrected chi connectivity index (χ0v) is 16.7. The van der Waals surface area contributed by atoms with Crippen LogP contribution >= 0.6 is 0 Å². The van der Waals surface area contributed by atoms with E-state index < -0.39 is 5.97 Å². The summed E-state index contributed by atoms with van der Waals surface area (Å²) >= 11 is 0. The van der Waals surface area contributed by atoms with Gasteiger partial charge < -0.3 is 5.11 Å². The molecule has 1 N–H and O–H groups in total. The van der Waals surface area contributed by atoms with Crippen LogP contribution in [-0.4, -0.2) is 23.0 Å². The minimum absolute atomic E-state index is 0.0578. The van der Waals surface area contributed by atoms with Gasteiger partial charge in [0, 0.05) is 12.1 Å². The van der Waals surface area contributed by atoms with Gasteiger partial charge in [-0.2, -0.15) is 0 Å². The summed E-state index contributed by atoms with van der Waals surface area (Å²) < 4.78 is 0. The molecule has 1 aliphatic carbocycles. The zero-order chi connectivity index (χ0) is 19.4. The SMILES string of the molecule is CN(Cc1ccc([C@H]2CCCC[C@@H]2C(=O)O)cc1)C(C)(C)c1ccccc1. The van der Waals surface area contributed by atoms with Crippen molar-refractivity contribution >= 4 is 5.97 Å². The highest BCUT2D eigenvalue weighted by molar-refractivity contribution is 5.71. The standard InChI is InChI=1S/C24H31NO2/c1-24(2,20-9-5-4-6-10-20)25(3)17-18-13-15-19(16-14-18)21-11-7-8-12-22(21)23(26)27/h4-6,9-10,13-16,21-22H,7-8,11-12,17H2,1-3H3,(H,26,27)/t21-,22+/m1/s1. The summed E-state index contributed by atoms with van der Waals surface area (Å²) in [5.74, 6) is -0.721. The predicted molar refractivity (Wildman–Crippen MR) is 110 cm³/mol. The number of hydrogen-bond acceptors (Lipinski definition) is 2. The van der Waals surface area contributed by atoms with E-state index in [0.29, 0.717) is 0 Å². The van der Waals surface area contributed by atoms with Crippen LogP contribution in [0.2, 0.25) is 0 Å². The van der Waals surface area contributed by atoms with E-state index in [-0.39, 0.29) is 17.4 Å². The molecule has 1 saturated carbocycles. The van der Waals surface area contributed by atoms with Gasteiger partial charge in [0.1, 0.15) is 0 Å². The Balaban J connectivity index is 1.71. The van der Waals surface area contributed by atoms with Crippen LogP contribution in [0.15, 0.2) is 54.6 Å². The van der Waals surface area contributed by atoms with Crippen molar-refractivity contribution in [1.82, 2.24) is 4.90 Å². The lowest BCUT2D eigenvalue weighted by Crippen LogP contribution is -2.37. The second kappa shape index (κ2) is 8.26. The molecule has 2 aromatic carbocycles. The summed E-state index contributed by atoms with van der Waals surface area (Å²) in [6.07, 6.45) is 3.95. The summed E-state index contributed by atoms with van der Waals surface area (Å²) in [7, 11) is 2.16. The highest BCUT2D eigenvalue weighted by Gasteiger charge is 2.32. The van der Waals surface area contributed by atoms with Crippen molar-refractivity contribution in [2.75, 3.05) is 7.05 Å². The molecule has 1 aliphatic rings. The maximum Gasteiger partial charge on any atom is 0.307 e. The molecule has 0 aromatic heterocycles. The van der Waals surface area contributed by atoms with Crippen molar-refractivity contribution in [1.29, 1.82) is 0 Å². The zero-order valence-electron chi connectivity index (χ0n) is 16.7. The molecule has 3 nitrogen and oxygen atoms in total. The van der Waals surface area contributed by atoms with Gasteiger partial charge in [0.15, 0.2) is 0 Å². The first-order chi connectivity index (χ1) is 12.9. The molecular formula is C24H31NO2. The second-order valence-electron chi connectivity index (χ2n) is 8.36. The monoisotopic (exact) mass is 365 g/mol. The number of benzene rings is 2. The average Bonchev–Trinajstić information content (AvgIpc) is 2.69. The minimum Gasteiger partial charge on any atom is -0.481 e. The largest absolute Gasteiger partial charge is 0.481 e. The molecular weight excluding hydrogens is 334 g/mol. The van der Waals surface area contributed by atoms with Gasteiger partial charge >= 0.3 is 5.97 Å². The van der Waals surface area contributed by atoms with E-state index in [9.17, 15) is 9.90 Å². The maximum atomic E-state index is 11.6. The van der Waals surface area contributed by atoms with Gasteiger partial charge in [0.05, 0.1) is 5.92 Å². The third-order valence-electron chi connectivity index (χ3n) is 6.35. The molecule has 3 heteroatoms. The fourth-order valence-electron chi connectivity index (χ4n) is 4.23. The molecule has 0 aliphatic heterocycles. The van der Waals surface area contributed by atoms with Gasteiger partial charge in [-0.25, -0.2) is 0 Å². The molecule has 0 radical (unpaired) electrons. The summed E-state index contributed by atoms with van der Waals surface area (Å²) in [6.45, 7) is 5.35. The lowest BCUT2D eigenvalue weighted by atomic mass is 9.75. The number of carboxylic acid groups (broad SMARTS) is 1. The molecule has 0 spiro atoms. The average molecular weight is 366 g/mol. The molecule has 0 bridgehead atoms. The van der Waals surface area contributed by atoms with Gasteiger partial charge in [0.25, 0.3) is 0 Å². The van der Waals surface area contributed by atoms with Crippen LogP contribution in [0, 0.1) is 5.92 Å². The Labute approximate surface area is 163 Å². The quantitative estimate of drug-likeness (QED) is 0.744. The first-order valence-corrected chi connectivity index (χ1v) is 9.98. The van der Waals surface area contributed by atoms with Crippen LogP contribution < -0.4 is 0 Å². The van der Waals surface area contributed by atoms with Gasteiger partial charge in [-0.1, -0.05) is 67.4 Å². The van der Waals surface area contributed by atoms with Gasteiger partial charge in [-0.05, 0) is 56.3 Å². The number of carboxylic acids is 1. The first kappa shape index (κ1) is 19.6. The van der Waals surface area contributed by atoms with Crippen molar-refractivity contribution in [2.24, 2.45) is 5.92 Å². The molecule has 0 saturated heterocycles. The molecule has 2 atom stereocenters. The summed E-state index contributed by atoms with van der Waals surface area (Å²) in [4.78, 5) is 13.9. The van der Waals surface area contributed by atoms with Crippen molar-refractivity contribution in [3.63, 3.8) is 0 Å². The van der Waals surface area contributed by atoms with Gasteiger partial charge in [-0.3, -0.25) is 9.69 Å². The van der Waals surface area contributed by atoms with Crippen molar-refractivity contribution in [3.05, 3.63) is 71.3 Å². The Hall–Kier alpha value is -2.13. The number of carbonyl (C=O) groups is 1. The number of aliphatic carboxylic acids is 1. The maximum absolute atomic E-state index is 11.6. The van der Waals surface area contributed by atoms with Crippen LogP contribution in [0.1, 0.15) is 62.1 Å². The molecule has 2 aromatic rings. The smallest absolute Gasteiger partial charge is 0.307 e. The third-order valence-corrected chi connectivity index (χ3v) is 6.35. The van der Waals surface area contributed by atoms with Crippen molar-refractivity contribution < 1.29 is 9.90 Å². The van der Waals surface area contributed by atoms with Gasteiger partial charge in [0.2, 0.25) is 0 Å². The van der Waals surface area contributed by atoms with Crippen LogP contribution in [0.4, 0.5) is 0 Å². The Morgan fingerprint density at radius 1 is 1.04 bits per heavy atom. The fourth-order valence-corrected chi connectivity index (χ4v) is 4.23.